The van der Waals surface area contributed by atoms with Crippen molar-refractivity contribution in [2.75, 3.05) is 51.3 Å². The second-order valence-electron chi connectivity index (χ2n) is 11.1. The number of fused-ring (bicyclic) bond motifs is 1. The molecule has 0 unspecified atom stereocenters. The summed E-state index contributed by atoms with van der Waals surface area (Å²) in [6, 6.07) is 11.8. The normalized spacial score (nSPS) is 15.4. The van der Waals surface area contributed by atoms with E-state index in [1.54, 1.807) is 6.07 Å². The Bertz CT molecular complexity index is 1240. The van der Waals surface area contributed by atoms with Crippen molar-refractivity contribution in [2.24, 2.45) is 5.73 Å². The molecule has 2 aromatic rings. The van der Waals surface area contributed by atoms with E-state index in [-0.39, 0.29) is 30.2 Å². The van der Waals surface area contributed by atoms with Gasteiger partial charge in [-0.15, -0.1) is 0 Å². The molecule has 1 aliphatic carbocycles. The fourth-order valence-corrected chi connectivity index (χ4v) is 5.66. The molecule has 10 nitrogen and oxygen atoms in total. The van der Waals surface area contributed by atoms with Gasteiger partial charge >= 0.3 is 0 Å². The van der Waals surface area contributed by atoms with E-state index in [9.17, 15) is 14.7 Å². The van der Waals surface area contributed by atoms with E-state index < -0.39 is 0 Å². The first kappa shape index (κ1) is 32.2. The Morgan fingerprint density at radius 3 is 2.81 bits per heavy atom. The summed E-state index contributed by atoms with van der Waals surface area (Å²) < 4.78 is 11.5. The fourth-order valence-electron chi connectivity index (χ4n) is 5.66. The smallest absolute Gasteiger partial charge is 0.262 e. The van der Waals surface area contributed by atoms with Gasteiger partial charge in [0.05, 0.1) is 25.3 Å². The van der Waals surface area contributed by atoms with Crippen LogP contribution < -0.4 is 26.4 Å². The maximum atomic E-state index is 13.3. The van der Waals surface area contributed by atoms with Crippen molar-refractivity contribution in [3.63, 3.8) is 0 Å². The number of phenolic OH excluding ortho intramolecular Hbond substituents is 1. The van der Waals surface area contributed by atoms with Gasteiger partial charge in [-0.2, -0.15) is 0 Å². The number of hydrogen-bond donors (Lipinski definition) is 5. The highest BCUT2D eigenvalue weighted by molar-refractivity contribution is 5.97. The Hall–Kier alpha value is -3.76. The van der Waals surface area contributed by atoms with Crippen molar-refractivity contribution in [1.82, 2.24) is 15.5 Å². The van der Waals surface area contributed by atoms with E-state index in [2.05, 4.69) is 33.0 Å². The number of rotatable bonds is 16. The van der Waals surface area contributed by atoms with Crippen LogP contribution in [0.1, 0.15) is 62.1 Å². The summed E-state index contributed by atoms with van der Waals surface area (Å²) in [5, 5.41) is 19.3. The van der Waals surface area contributed by atoms with Crippen LogP contribution in [-0.4, -0.2) is 73.9 Å². The number of ether oxygens (including phenoxy) is 2. The van der Waals surface area contributed by atoms with E-state index in [1.165, 1.54) is 6.42 Å². The van der Waals surface area contributed by atoms with Crippen molar-refractivity contribution in [2.45, 2.75) is 64.3 Å². The molecule has 1 saturated carbocycles. The molecule has 0 radical (unpaired) electrons. The summed E-state index contributed by atoms with van der Waals surface area (Å²) in [5.74, 6) is 0.394. The van der Waals surface area contributed by atoms with Crippen LogP contribution in [0.25, 0.3) is 5.70 Å². The van der Waals surface area contributed by atoms with Crippen LogP contribution >= 0.6 is 0 Å². The lowest BCUT2D eigenvalue weighted by atomic mass is 9.94. The number of nitrogens with one attached hydrogen (secondary N) is 3. The Balaban J connectivity index is 1.20. The molecular weight excluding hydrogens is 546 g/mol. The topological polar surface area (TPSA) is 138 Å². The summed E-state index contributed by atoms with van der Waals surface area (Å²) in [7, 11) is 0. The maximum Gasteiger partial charge on any atom is 0.262 e. The molecule has 2 aromatic carbocycles. The monoisotopic (exact) mass is 593 g/mol. The Morgan fingerprint density at radius 1 is 1.16 bits per heavy atom. The van der Waals surface area contributed by atoms with Crippen molar-refractivity contribution in [3.05, 3.63) is 59.3 Å². The molecule has 234 valence electrons. The van der Waals surface area contributed by atoms with Gasteiger partial charge in [0.15, 0.2) is 12.4 Å². The second kappa shape index (κ2) is 16.8. The van der Waals surface area contributed by atoms with Gasteiger partial charge in [0.25, 0.3) is 5.91 Å². The Morgan fingerprint density at radius 2 is 2.00 bits per heavy atom. The summed E-state index contributed by atoms with van der Waals surface area (Å²) in [5.41, 5.74) is 10.2. The largest absolute Gasteiger partial charge is 0.506 e. The molecule has 10 heteroatoms. The van der Waals surface area contributed by atoms with Crippen LogP contribution in [0.15, 0.2) is 42.6 Å². The summed E-state index contributed by atoms with van der Waals surface area (Å²) in [6.45, 7) is 5.76. The highest BCUT2D eigenvalue weighted by Gasteiger charge is 2.25. The minimum atomic E-state index is -0.278. The molecule has 0 saturated heterocycles. The molecule has 0 spiro atoms. The van der Waals surface area contributed by atoms with Gasteiger partial charge in [-0.3, -0.25) is 9.59 Å². The predicted molar refractivity (Wildman–Crippen MR) is 169 cm³/mol. The second-order valence-corrected chi connectivity index (χ2v) is 11.1. The first-order chi connectivity index (χ1) is 21.0. The van der Waals surface area contributed by atoms with Crippen LogP contribution in [0.2, 0.25) is 0 Å². The number of aromatic hydroxyl groups is 1. The van der Waals surface area contributed by atoms with E-state index in [1.807, 2.05) is 31.3 Å². The zero-order chi connectivity index (χ0) is 30.4. The number of hydrogen-bond acceptors (Lipinski definition) is 8. The van der Waals surface area contributed by atoms with Crippen molar-refractivity contribution >= 4 is 23.2 Å². The van der Waals surface area contributed by atoms with Gasteiger partial charge in [-0.25, -0.2) is 0 Å². The molecule has 1 aliphatic heterocycles. The molecule has 0 atom stereocenters. The number of phenols is 1. The molecule has 0 aromatic heterocycles. The minimum Gasteiger partial charge on any atom is -0.506 e. The molecular formula is C33H47N5O5. The van der Waals surface area contributed by atoms with Crippen LogP contribution in [0.4, 0.5) is 5.69 Å². The van der Waals surface area contributed by atoms with E-state index in [0.29, 0.717) is 62.8 Å². The first-order valence-corrected chi connectivity index (χ1v) is 15.6. The van der Waals surface area contributed by atoms with Crippen LogP contribution in [0, 0.1) is 0 Å². The maximum absolute atomic E-state index is 13.3. The molecule has 0 bridgehead atoms. The zero-order valence-corrected chi connectivity index (χ0v) is 25.3. The van der Waals surface area contributed by atoms with Gasteiger partial charge in [-0.1, -0.05) is 43.5 Å². The van der Waals surface area contributed by atoms with Gasteiger partial charge in [0.2, 0.25) is 5.91 Å². The third-order valence-electron chi connectivity index (χ3n) is 7.98. The molecule has 2 aliphatic rings. The van der Waals surface area contributed by atoms with Crippen LogP contribution in [0.5, 0.6) is 11.5 Å². The molecule has 43 heavy (non-hydrogen) atoms. The number of carbonyl (C=O) groups is 2. The number of nitrogens with two attached hydrogens (primary N) is 1. The third kappa shape index (κ3) is 9.62. The van der Waals surface area contributed by atoms with E-state index in [4.69, 9.17) is 15.2 Å². The first-order valence-electron chi connectivity index (χ1n) is 15.6. The number of benzene rings is 2. The van der Waals surface area contributed by atoms with E-state index in [0.717, 1.165) is 55.3 Å². The lowest BCUT2D eigenvalue weighted by Crippen LogP contribution is -2.45. The standard InChI is InChI=1S/C33H47N5O5/c1-2-35-22-28(34)26-8-6-7-24(21-26)14-19-42-20-15-31(41)38(27-9-4-3-5-10-27)18-17-36-16-13-25-11-12-29(39)32-33(25)43-23-30(40)37-32/h6-8,11-12,21-22,27,35-36,39H,2-5,9-10,13-20,23,34H2,1H3,(H,37,40)/b28-22-. The van der Waals surface area contributed by atoms with Crippen molar-refractivity contribution in [1.29, 1.82) is 0 Å². The summed E-state index contributed by atoms with van der Waals surface area (Å²) >= 11 is 0. The van der Waals surface area contributed by atoms with Gasteiger partial charge < -0.3 is 41.2 Å². The van der Waals surface area contributed by atoms with Crippen molar-refractivity contribution in [3.8, 4) is 11.5 Å². The van der Waals surface area contributed by atoms with Crippen molar-refractivity contribution < 1.29 is 24.2 Å². The van der Waals surface area contributed by atoms with E-state index >= 15 is 0 Å². The predicted octanol–water partition coefficient (Wildman–Crippen LogP) is 3.53. The lowest BCUT2D eigenvalue weighted by molar-refractivity contribution is -0.135. The van der Waals surface area contributed by atoms with Gasteiger partial charge in [0, 0.05) is 31.9 Å². The molecule has 1 fully saturated rings. The number of nitrogens with zero attached hydrogens (tertiary/aromatic N) is 1. The molecule has 1 heterocycles. The lowest BCUT2D eigenvalue weighted by Gasteiger charge is -2.34. The fraction of sp³-hybridized carbons (Fsp3) is 0.515. The zero-order valence-electron chi connectivity index (χ0n) is 25.3. The molecule has 2 amide bonds. The number of carbonyl (C=O) groups excluding carboxylic acids is 2. The highest BCUT2D eigenvalue weighted by atomic mass is 16.5. The molecule has 6 N–H and O–H groups in total. The van der Waals surface area contributed by atoms with Crippen LogP contribution in [0.3, 0.4) is 0 Å². The van der Waals surface area contributed by atoms with Gasteiger partial charge in [-0.05, 0) is 68.0 Å². The number of amides is 2. The number of anilines is 1. The van der Waals surface area contributed by atoms with Crippen LogP contribution in [-0.2, 0) is 27.2 Å². The summed E-state index contributed by atoms with van der Waals surface area (Å²) in [6.07, 6.45) is 9.29. The average Bonchev–Trinajstić information content (AvgIpc) is 3.03. The quantitative estimate of drug-likeness (QED) is 0.147. The molecule has 4 rings (SSSR count). The average molecular weight is 594 g/mol. The summed E-state index contributed by atoms with van der Waals surface area (Å²) in [4.78, 5) is 27.0. The Kier molecular flexibility index (Phi) is 12.5. The third-order valence-corrected chi connectivity index (χ3v) is 7.98. The SMILES string of the molecule is CCN/C=C(\N)c1cccc(CCOCCC(=O)N(CCNCCc2ccc(O)c3c2OCC(=O)N3)C2CCCCC2)c1. The Labute approximate surface area is 255 Å². The highest BCUT2D eigenvalue weighted by Crippen LogP contribution is 2.39. The minimum absolute atomic E-state index is 0.00207. The van der Waals surface area contributed by atoms with Gasteiger partial charge in [0.1, 0.15) is 11.4 Å².